The van der Waals surface area contributed by atoms with Crippen LogP contribution >= 0.6 is 0 Å². The Balaban J connectivity index is 2.63. The lowest BCUT2D eigenvalue weighted by Crippen LogP contribution is -2.67. The zero-order valence-corrected chi connectivity index (χ0v) is 18.0. The van der Waals surface area contributed by atoms with Crippen molar-refractivity contribution in [1.29, 1.82) is 0 Å². The van der Waals surface area contributed by atoms with Gasteiger partial charge >= 0.3 is 0 Å². The Morgan fingerprint density at radius 1 is 0.963 bits per heavy atom. The minimum atomic E-state index is -2.58. The minimum absolute atomic E-state index is 0.0603. The molecule has 0 amide bonds. The van der Waals surface area contributed by atoms with Crippen molar-refractivity contribution in [1.82, 2.24) is 0 Å². The number of unbranched alkanes of at least 4 members (excludes halogenated alkanes) is 1. The van der Waals surface area contributed by atoms with Gasteiger partial charge in [0, 0.05) is 0 Å². The maximum absolute atomic E-state index is 11.0. The second-order valence-corrected chi connectivity index (χ2v) is 12.2. The third-order valence-electron chi connectivity index (χ3n) is 4.99. The van der Waals surface area contributed by atoms with Gasteiger partial charge in [-0.25, -0.2) is 0 Å². The van der Waals surface area contributed by atoms with Crippen LogP contribution in [0, 0.1) is 0 Å². The SMILES string of the molecule is CCCC[C@@H](/C=C\C=O)O[Si](c1ccccc1)(c1ccccc1)C(C)(C)C. The minimum Gasteiger partial charge on any atom is -0.401 e. The highest BCUT2D eigenvalue weighted by Crippen LogP contribution is 2.38. The summed E-state index contributed by atoms with van der Waals surface area (Å²) in [5.41, 5.74) is 0. The molecule has 0 aliphatic rings. The molecule has 0 radical (unpaired) electrons. The summed E-state index contributed by atoms with van der Waals surface area (Å²) in [5.74, 6) is 0. The van der Waals surface area contributed by atoms with Crippen molar-refractivity contribution in [3.63, 3.8) is 0 Å². The number of carbonyl (C=O) groups excluding carboxylic acids is 1. The normalized spacial score (nSPS) is 13.6. The molecular formula is C24H32O2Si. The molecule has 0 aromatic heterocycles. The molecule has 0 unspecified atom stereocenters. The zero-order valence-electron chi connectivity index (χ0n) is 17.0. The fraction of sp³-hybridized carbons (Fsp3) is 0.375. The topological polar surface area (TPSA) is 26.3 Å². The van der Waals surface area contributed by atoms with Crippen LogP contribution in [-0.2, 0) is 9.22 Å². The van der Waals surface area contributed by atoms with Crippen molar-refractivity contribution in [3.8, 4) is 0 Å². The molecule has 0 N–H and O–H groups in total. The number of hydrogen-bond acceptors (Lipinski definition) is 2. The first-order valence-electron chi connectivity index (χ1n) is 9.86. The number of rotatable bonds is 9. The third kappa shape index (κ3) is 5.05. The Morgan fingerprint density at radius 2 is 1.48 bits per heavy atom. The number of benzene rings is 2. The van der Waals surface area contributed by atoms with E-state index in [0.717, 1.165) is 25.5 Å². The fourth-order valence-electron chi connectivity index (χ4n) is 3.69. The summed E-state index contributed by atoms with van der Waals surface area (Å²) in [7, 11) is -2.58. The fourth-order valence-corrected chi connectivity index (χ4v) is 8.35. The van der Waals surface area contributed by atoms with Gasteiger partial charge in [0.05, 0.1) is 6.10 Å². The molecule has 1 atom stereocenters. The van der Waals surface area contributed by atoms with Crippen LogP contribution in [0.3, 0.4) is 0 Å². The Hall–Kier alpha value is -1.97. The molecule has 0 spiro atoms. The highest BCUT2D eigenvalue weighted by Gasteiger charge is 2.51. The van der Waals surface area contributed by atoms with Crippen LogP contribution in [0.1, 0.15) is 47.0 Å². The average Bonchev–Trinajstić information content (AvgIpc) is 2.68. The second-order valence-electron chi connectivity index (χ2n) is 7.98. The summed E-state index contributed by atoms with van der Waals surface area (Å²) < 4.78 is 7.07. The van der Waals surface area contributed by atoms with Crippen LogP contribution in [0.2, 0.25) is 5.04 Å². The van der Waals surface area contributed by atoms with E-state index in [9.17, 15) is 4.79 Å². The maximum Gasteiger partial charge on any atom is 0.261 e. The van der Waals surface area contributed by atoms with Crippen molar-refractivity contribution in [2.45, 2.75) is 58.1 Å². The number of aldehydes is 1. The van der Waals surface area contributed by atoms with E-state index in [4.69, 9.17) is 4.43 Å². The Labute approximate surface area is 165 Å². The molecule has 2 aromatic rings. The largest absolute Gasteiger partial charge is 0.401 e. The highest BCUT2D eigenvalue weighted by molar-refractivity contribution is 6.99. The van der Waals surface area contributed by atoms with Crippen LogP contribution in [0.5, 0.6) is 0 Å². The molecule has 0 saturated carbocycles. The van der Waals surface area contributed by atoms with E-state index >= 15 is 0 Å². The average molecular weight is 381 g/mol. The van der Waals surface area contributed by atoms with Gasteiger partial charge in [-0.2, -0.15) is 0 Å². The van der Waals surface area contributed by atoms with E-state index in [1.54, 1.807) is 6.08 Å². The van der Waals surface area contributed by atoms with E-state index in [1.165, 1.54) is 10.4 Å². The summed E-state index contributed by atoms with van der Waals surface area (Å²) in [6, 6.07) is 21.3. The van der Waals surface area contributed by atoms with Gasteiger partial charge in [0.1, 0.15) is 6.29 Å². The van der Waals surface area contributed by atoms with Crippen molar-refractivity contribution in [2.75, 3.05) is 0 Å². The Morgan fingerprint density at radius 3 is 1.89 bits per heavy atom. The van der Waals surface area contributed by atoms with E-state index in [0.29, 0.717) is 0 Å². The van der Waals surface area contributed by atoms with E-state index < -0.39 is 8.32 Å². The lowest BCUT2D eigenvalue weighted by Gasteiger charge is -2.44. The molecule has 0 fully saturated rings. The third-order valence-corrected chi connectivity index (χ3v) is 10.1. The Bertz CT molecular complexity index is 678. The maximum atomic E-state index is 11.0. The van der Waals surface area contributed by atoms with Crippen LogP contribution < -0.4 is 10.4 Å². The standard InChI is InChI=1S/C24H32O2Si/c1-5-6-14-21(15-13-20-25)26-27(24(2,3)4,22-16-9-7-10-17-22)23-18-11-8-12-19-23/h7-13,15-21H,5-6,14H2,1-4H3/b15-13-/t21-/m0/s1. The molecule has 2 nitrogen and oxygen atoms in total. The molecule has 27 heavy (non-hydrogen) atoms. The molecule has 0 bridgehead atoms. The lowest BCUT2D eigenvalue weighted by molar-refractivity contribution is -0.104. The molecule has 144 valence electrons. The molecule has 3 heteroatoms. The number of allylic oxidation sites excluding steroid dienone is 1. The summed E-state index contributed by atoms with van der Waals surface area (Å²) in [4.78, 5) is 11.0. The van der Waals surface area contributed by atoms with E-state index in [1.807, 2.05) is 6.08 Å². The van der Waals surface area contributed by atoms with Crippen molar-refractivity contribution in [3.05, 3.63) is 72.8 Å². The Kier molecular flexibility index (Phi) is 7.75. The zero-order chi connectivity index (χ0) is 19.8. The first kappa shape index (κ1) is 21.3. The molecule has 2 rings (SSSR count). The lowest BCUT2D eigenvalue weighted by atomic mass is 10.1. The molecule has 0 aliphatic heterocycles. The van der Waals surface area contributed by atoms with Gasteiger partial charge in [-0.1, -0.05) is 107 Å². The second kappa shape index (κ2) is 9.82. The van der Waals surface area contributed by atoms with Gasteiger partial charge in [-0.05, 0) is 27.9 Å². The molecule has 2 aromatic carbocycles. The van der Waals surface area contributed by atoms with Crippen LogP contribution in [-0.4, -0.2) is 20.7 Å². The first-order valence-corrected chi connectivity index (χ1v) is 11.8. The molecule has 0 saturated heterocycles. The summed E-state index contributed by atoms with van der Waals surface area (Å²) in [5, 5.41) is 2.48. The van der Waals surface area contributed by atoms with Gasteiger partial charge < -0.3 is 4.43 Å². The summed E-state index contributed by atoms with van der Waals surface area (Å²) >= 11 is 0. The molecule has 0 heterocycles. The van der Waals surface area contributed by atoms with E-state index in [-0.39, 0.29) is 11.1 Å². The molecule has 0 aliphatic carbocycles. The predicted molar refractivity (Wildman–Crippen MR) is 117 cm³/mol. The van der Waals surface area contributed by atoms with E-state index in [2.05, 4.69) is 88.4 Å². The highest BCUT2D eigenvalue weighted by atomic mass is 28.4. The van der Waals surface area contributed by atoms with Gasteiger partial charge in [0.15, 0.2) is 0 Å². The van der Waals surface area contributed by atoms with Gasteiger partial charge in [0.2, 0.25) is 0 Å². The quantitative estimate of drug-likeness (QED) is 0.352. The van der Waals surface area contributed by atoms with Crippen LogP contribution in [0.15, 0.2) is 72.8 Å². The first-order chi connectivity index (χ1) is 13.0. The molecular weight excluding hydrogens is 348 g/mol. The monoisotopic (exact) mass is 380 g/mol. The van der Waals surface area contributed by atoms with Crippen LogP contribution in [0.25, 0.3) is 0 Å². The summed E-state index contributed by atoms with van der Waals surface area (Å²) in [6.07, 6.45) is 7.39. The van der Waals surface area contributed by atoms with Gasteiger partial charge in [0.25, 0.3) is 8.32 Å². The van der Waals surface area contributed by atoms with Crippen molar-refractivity contribution < 1.29 is 9.22 Å². The smallest absolute Gasteiger partial charge is 0.261 e. The predicted octanol–water partition coefficient (Wildman–Crippen LogP) is 4.88. The number of hydrogen-bond donors (Lipinski definition) is 0. The number of carbonyl (C=O) groups is 1. The van der Waals surface area contributed by atoms with Crippen molar-refractivity contribution >= 4 is 25.0 Å². The summed E-state index contributed by atoms with van der Waals surface area (Å²) in [6.45, 7) is 9.02. The van der Waals surface area contributed by atoms with Crippen molar-refractivity contribution in [2.24, 2.45) is 0 Å². The van der Waals surface area contributed by atoms with Crippen LogP contribution in [0.4, 0.5) is 0 Å². The van der Waals surface area contributed by atoms with Gasteiger partial charge in [-0.15, -0.1) is 0 Å². The van der Waals surface area contributed by atoms with Gasteiger partial charge in [-0.3, -0.25) is 4.79 Å².